The maximum absolute atomic E-state index is 11.3. The summed E-state index contributed by atoms with van der Waals surface area (Å²) in [6, 6.07) is 4.29. The van der Waals surface area contributed by atoms with Gasteiger partial charge in [0.15, 0.2) is 0 Å². The summed E-state index contributed by atoms with van der Waals surface area (Å²) in [5.41, 5.74) is 0. The van der Waals surface area contributed by atoms with Crippen molar-refractivity contribution in [2.24, 2.45) is 0 Å². The van der Waals surface area contributed by atoms with Crippen LogP contribution in [-0.4, -0.2) is 31.4 Å². The predicted octanol–water partition coefficient (Wildman–Crippen LogP) is 2.25. The average Bonchev–Trinajstić information content (AvgIpc) is 2.60. The molecule has 3 nitrogen and oxygen atoms in total. The van der Waals surface area contributed by atoms with Gasteiger partial charge in [0.25, 0.3) is 0 Å². The lowest BCUT2D eigenvalue weighted by atomic mass is 10.3. The second kappa shape index (κ2) is 5.63. The highest BCUT2D eigenvalue weighted by atomic mass is 79.9. The largest absolute Gasteiger partial charge is 0.348 e. The molecule has 0 radical (unpaired) electrons. The minimum absolute atomic E-state index is 0.0949. The molecule has 5 heteroatoms. The summed E-state index contributed by atoms with van der Waals surface area (Å²) in [4.78, 5) is 14.2. The van der Waals surface area contributed by atoms with Crippen molar-refractivity contribution < 1.29 is 4.79 Å². The van der Waals surface area contributed by atoms with Crippen LogP contribution in [0.5, 0.6) is 0 Å². The van der Waals surface area contributed by atoms with E-state index in [1.807, 2.05) is 6.07 Å². The molecule has 0 aliphatic heterocycles. The van der Waals surface area contributed by atoms with Crippen molar-refractivity contribution in [2.45, 2.75) is 13.0 Å². The third kappa shape index (κ3) is 3.93. The Morgan fingerprint density at radius 2 is 2.27 bits per heavy atom. The summed E-state index contributed by atoms with van der Waals surface area (Å²) in [7, 11) is 3.52. The van der Waals surface area contributed by atoms with Crippen molar-refractivity contribution in [3.8, 4) is 0 Å². The molecule has 1 rings (SSSR count). The number of rotatable bonds is 4. The van der Waals surface area contributed by atoms with Crippen LogP contribution < -0.4 is 5.32 Å². The van der Waals surface area contributed by atoms with Gasteiger partial charge in [-0.05, 0) is 35.0 Å². The number of amides is 1. The van der Waals surface area contributed by atoms with Gasteiger partial charge in [-0.2, -0.15) is 0 Å². The molecular formula is C10H15BrN2OS. The molecule has 0 saturated carbocycles. The molecular weight excluding hydrogens is 276 g/mol. The number of thiophene rings is 1. The van der Waals surface area contributed by atoms with E-state index in [1.165, 1.54) is 4.88 Å². The summed E-state index contributed by atoms with van der Waals surface area (Å²) < 4.78 is 1.12. The van der Waals surface area contributed by atoms with Crippen molar-refractivity contribution >= 4 is 33.2 Å². The van der Waals surface area contributed by atoms with Crippen LogP contribution in [0.4, 0.5) is 0 Å². The van der Waals surface area contributed by atoms with Crippen molar-refractivity contribution in [2.75, 3.05) is 20.6 Å². The maximum Gasteiger partial charge on any atom is 0.236 e. The lowest BCUT2D eigenvalue weighted by molar-refractivity contribution is -0.127. The van der Waals surface area contributed by atoms with Gasteiger partial charge in [0, 0.05) is 25.0 Å². The van der Waals surface area contributed by atoms with Gasteiger partial charge >= 0.3 is 0 Å². The lowest BCUT2D eigenvalue weighted by Crippen LogP contribution is -2.34. The third-order valence-electron chi connectivity index (χ3n) is 2.08. The maximum atomic E-state index is 11.3. The molecule has 1 unspecified atom stereocenters. The van der Waals surface area contributed by atoms with Crippen LogP contribution in [0.15, 0.2) is 15.9 Å². The Kier molecular flexibility index (Phi) is 4.76. The normalized spacial score (nSPS) is 12.5. The average molecular weight is 291 g/mol. The number of likely N-dealkylation sites (N-methyl/N-ethyl adjacent to an activating group) is 1. The van der Waals surface area contributed by atoms with E-state index in [9.17, 15) is 4.79 Å². The fourth-order valence-corrected chi connectivity index (χ4v) is 2.51. The van der Waals surface area contributed by atoms with Gasteiger partial charge in [0.2, 0.25) is 5.91 Å². The predicted molar refractivity (Wildman–Crippen MR) is 67.1 cm³/mol. The van der Waals surface area contributed by atoms with E-state index < -0.39 is 0 Å². The zero-order chi connectivity index (χ0) is 11.4. The Hall–Kier alpha value is -0.390. The molecule has 1 atom stereocenters. The number of hydrogen-bond acceptors (Lipinski definition) is 3. The first-order chi connectivity index (χ1) is 7.00. The van der Waals surface area contributed by atoms with Gasteiger partial charge in [0.05, 0.1) is 10.3 Å². The Bertz CT molecular complexity index is 338. The molecule has 1 amide bonds. The Morgan fingerprint density at radius 1 is 1.60 bits per heavy atom. The SMILES string of the molecule is CC(NCC(=O)N(C)C)c1ccc(Br)s1. The van der Waals surface area contributed by atoms with Crippen LogP contribution in [0.1, 0.15) is 17.8 Å². The van der Waals surface area contributed by atoms with Gasteiger partial charge < -0.3 is 10.2 Å². The molecule has 0 aliphatic rings. The van der Waals surface area contributed by atoms with Crippen molar-refractivity contribution in [1.29, 1.82) is 0 Å². The number of nitrogens with zero attached hydrogens (tertiary/aromatic N) is 1. The van der Waals surface area contributed by atoms with Gasteiger partial charge in [0.1, 0.15) is 0 Å². The summed E-state index contributed by atoms with van der Waals surface area (Å²) in [6.45, 7) is 2.44. The first-order valence-electron chi connectivity index (χ1n) is 4.69. The molecule has 0 aromatic carbocycles. The van der Waals surface area contributed by atoms with Crippen LogP contribution in [0.25, 0.3) is 0 Å². The number of hydrogen-bond donors (Lipinski definition) is 1. The fraction of sp³-hybridized carbons (Fsp3) is 0.500. The van der Waals surface area contributed by atoms with E-state index >= 15 is 0 Å². The fourth-order valence-electron chi connectivity index (χ4n) is 1.06. The summed E-state index contributed by atoms with van der Waals surface area (Å²) in [6.07, 6.45) is 0. The summed E-state index contributed by atoms with van der Waals surface area (Å²) in [5.74, 6) is 0.0949. The number of nitrogens with one attached hydrogen (secondary N) is 1. The Morgan fingerprint density at radius 3 is 2.73 bits per heavy atom. The van der Waals surface area contributed by atoms with E-state index in [0.717, 1.165) is 3.79 Å². The highest BCUT2D eigenvalue weighted by molar-refractivity contribution is 9.11. The Labute approximate surface area is 103 Å². The zero-order valence-electron chi connectivity index (χ0n) is 9.08. The molecule has 1 heterocycles. The number of carbonyl (C=O) groups excluding carboxylic acids is 1. The van der Waals surface area contributed by atoms with Crippen LogP contribution in [0.3, 0.4) is 0 Å². The number of carbonyl (C=O) groups is 1. The highest BCUT2D eigenvalue weighted by Crippen LogP contribution is 2.26. The first-order valence-corrected chi connectivity index (χ1v) is 6.30. The van der Waals surface area contributed by atoms with Gasteiger partial charge in [-0.15, -0.1) is 11.3 Å². The molecule has 0 bridgehead atoms. The van der Waals surface area contributed by atoms with Crippen LogP contribution >= 0.6 is 27.3 Å². The summed E-state index contributed by atoms with van der Waals surface area (Å²) >= 11 is 5.10. The molecule has 1 aromatic rings. The molecule has 1 N–H and O–H groups in total. The van der Waals surface area contributed by atoms with Gasteiger partial charge in [-0.3, -0.25) is 4.79 Å². The molecule has 1 aromatic heterocycles. The van der Waals surface area contributed by atoms with E-state index in [0.29, 0.717) is 6.54 Å². The monoisotopic (exact) mass is 290 g/mol. The Balaban J connectivity index is 2.43. The quantitative estimate of drug-likeness (QED) is 0.923. The van der Waals surface area contributed by atoms with E-state index in [4.69, 9.17) is 0 Å². The minimum Gasteiger partial charge on any atom is -0.348 e. The second-order valence-corrected chi connectivity index (χ2v) is 6.03. The first kappa shape index (κ1) is 12.7. The van der Waals surface area contributed by atoms with Crippen molar-refractivity contribution in [3.63, 3.8) is 0 Å². The van der Waals surface area contributed by atoms with E-state index in [-0.39, 0.29) is 11.9 Å². The molecule has 0 aliphatic carbocycles. The highest BCUT2D eigenvalue weighted by Gasteiger charge is 2.10. The topological polar surface area (TPSA) is 32.3 Å². The molecule has 84 valence electrons. The molecule has 15 heavy (non-hydrogen) atoms. The van der Waals surface area contributed by atoms with Crippen LogP contribution in [0, 0.1) is 0 Å². The molecule has 0 spiro atoms. The second-order valence-electron chi connectivity index (χ2n) is 3.53. The molecule has 0 saturated heterocycles. The zero-order valence-corrected chi connectivity index (χ0v) is 11.5. The smallest absolute Gasteiger partial charge is 0.236 e. The minimum atomic E-state index is 0.0949. The van der Waals surface area contributed by atoms with Crippen LogP contribution in [0.2, 0.25) is 0 Å². The lowest BCUT2D eigenvalue weighted by Gasteiger charge is -2.14. The molecule has 0 fully saturated rings. The van der Waals surface area contributed by atoms with Crippen LogP contribution in [-0.2, 0) is 4.79 Å². The number of halogens is 1. The van der Waals surface area contributed by atoms with Gasteiger partial charge in [-0.1, -0.05) is 0 Å². The standard InChI is InChI=1S/C10H15BrN2OS/c1-7(8-4-5-9(11)15-8)12-6-10(14)13(2)3/h4-5,7,12H,6H2,1-3H3. The van der Waals surface area contributed by atoms with E-state index in [1.54, 1.807) is 30.3 Å². The third-order valence-corrected chi connectivity index (χ3v) is 3.89. The van der Waals surface area contributed by atoms with Gasteiger partial charge in [-0.25, -0.2) is 0 Å². The van der Waals surface area contributed by atoms with Crippen molar-refractivity contribution in [1.82, 2.24) is 10.2 Å². The summed E-state index contributed by atoms with van der Waals surface area (Å²) in [5, 5.41) is 3.19. The van der Waals surface area contributed by atoms with E-state index in [2.05, 4.69) is 34.2 Å². The van der Waals surface area contributed by atoms with Crippen molar-refractivity contribution in [3.05, 3.63) is 20.8 Å².